The first-order chi connectivity index (χ1) is 11.8. The van der Waals surface area contributed by atoms with Gasteiger partial charge >= 0.3 is 5.97 Å². The van der Waals surface area contributed by atoms with Crippen molar-refractivity contribution in [2.24, 2.45) is 0 Å². The lowest BCUT2D eigenvalue weighted by molar-refractivity contribution is 0.0472. The van der Waals surface area contributed by atoms with E-state index in [1.54, 1.807) is 29.1 Å². The molecule has 24 heavy (non-hydrogen) atoms. The molecule has 0 spiro atoms. The first kappa shape index (κ1) is 14.5. The van der Waals surface area contributed by atoms with Crippen LogP contribution >= 0.6 is 11.3 Å². The van der Waals surface area contributed by atoms with Crippen LogP contribution in [-0.2, 0) is 11.3 Å². The Balaban J connectivity index is 1.45. The van der Waals surface area contributed by atoms with Crippen LogP contribution in [0.15, 0.2) is 60.4 Å². The van der Waals surface area contributed by atoms with Gasteiger partial charge in [0.1, 0.15) is 17.9 Å². The number of hydrogen-bond donors (Lipinski definition) is 0. The summed E-state index contributed by atoms with van der Waals surface area (Å²) in [5, 5.41) is 10.4. The Bertz CT molecular complexity index is 994. The zero-order chi connectivity index (χ0) is 16.4. The van der Waals surface area contributed by atoms with Gasteiger partial charge in [0.05, 0.1) is 11.3 Å². The summed E-state index contributed by atoms with van der Waals surface area (Å²) in [4.78, 5) is 16.7. The van der Waals surface area contributed by atoms with E-state index in [2.05, 4.69) is 15.2 Å². The largest absolute Gasteiger partial charge is 0.455 e. The van der Waals surface area contributed by atoms with E-state index in [0.717, 1.165) is 16.3 Å². The number of aromatic nitrogens is 4. The molecule has 0 aliphatic carbocycles. The molecule has 6 nitrogen and oxygen atoms in total. The second-order valence-corrected chi connectivity index (χ2v) is 6.03. The summed E-state index contributed by atoms with van der Waals surface area (Å²) in [6.07, 6.45) is 3.19. The molecule has 0 bridgehead atoms. The minimum absolute atomic E-state index is 0.149. The molecular formula is C17H12N4O2S. The third-order valence-electron chi connectivity index (χ3n) is 3.47. The summed E-state index contributed by atoms with van der Waals surface area (Å²) in [6, 6.07) is 13.3. The molecule has 0 atom stereocenters. The minimum Gasteiger partial charge on any atom is -0.455 e. The molecule has 4 rings (SSSR count). The number of fused-ring (bicyclic) bond motifs is 1. The highest BCUT2D eigenvalue weighted by Gasteiger charge is 2.11. The maximum Gasteiger partial charge on any atom is 0.340 e. The van der Waals surface area contributed by atoms with Gasteiger partial charge in [0.2, 0.25) is 0 Å². The molecule has 0 aliphatic rings. The average molecular weight is 336 g/mol. The van der Waals surface area contributed by atoms with E-state index in [1.165, 1.54) is 11.3 Å². The first-order valence-corrected chi connectivity index (χ1v) is 8.14. The molecular weight excluding hydrogens is 324 g/mol. The molecule has 0 N–H and O–H groups in total. The number of hydrogen-bond acceptors (Lipinski definition) is 6. The number of pyridine rings is 1. The molecule has 1 aromatic carbocycles. The van der Waals surface area contributed by atoms with E-state index in [0.29, 0.717) is 11.2 Å². The van der Waals surface area contributed by atoms with E-state index >= 15 is 0 Å². The van der Waals surface area contributed by atoms with Crippen LogP contribution in [-0.4, -0.2) is 25.6 Å². The fourth-order valence-electron chi connectivity index (χ4n) is 2.28. The lowest BCUT2D eigenvalue weighted by atomic mass is 10.2. The zero-order valence-electron chi connectivity index (χ0n) is 12.5. The second-order valence-electron chi connectivity index (χ2n) is 5.08. The molecule has 0 amide bonds. The summed E-state index contributed by atoms with van der Waals surface area (Å²) >= 11 is 1.47. The van der Waals surface area contributed by atoms with Gasteiger partial charge in [0.15, 0.2) is 5.65 Å². The Labute approximate surface area is 141 Å². The predicted octanol–water partition coefficient (Wildman–Crippen LogP) is 3.21. The number of benzene rings is 1. The zero-order valence-corrected chi connectivity index (χ0v) is 13.3. The molecule has 4 aromatic rings. The third kappa shape index (κ3) is 2.89. The van der Waals surface area contributed by atoms with Crippen LogP contribution in [0.5, 0.6) is 0 Å². The lowest BCUT2D eigenvalue weighted by Gasteiger charge is -2.03. The van der Waals surface area contributed by atoms with Gasteiger partial charge in [-0.3, -0.25) is 4.40 Å². The van der Waals surface area contributed by atoms with Crippen LogP contribution in [0.25, 0.3) is 16.9 Å². The van der Waals surface area contributed by atoms with Crippen molar-refractivity contribution in [3.05, 3.63) is 70.9 Å². The van der Waals surface area contributed by atoms with Gasteiger partial charge in [0.25, 0.3) is 0 Å². The van der Waals surface area contributed by atoms with Crippen molar-refractivity contribution < 1.29 is 9.53 Å². The van der Waals surface area contributed by atoms with Gasteiger partial charge in [-0.25, -0.2) is 9.78 Å². The topological polar surface area (TPSA) is 69.4 Å². The van der Waals surface area contributed by atoms with E-state index in [4.69, 9.17) is 4.74 Å². The van der Waals surface area contributed by atoms with Crippen molar-refractivity contribution >= 4 is 23.0 Å². The number of carbonyl (C=O) groups excluding carboxylic acids is 1. The highest BCUT2D eigenvalue weighted by Crippen LogP contribution is 2.22. The monoisotopic (exact) mass is 336 g/mol. The van der Waals surface area contributed by atoms with Crippen molar-refractivity contribution in [3.8, 4) is 11.3 Å². The van der Waals surface area contributed by atoms with Crippen LogP contribution < -0.4 is 0 Å². The Kier molecular flexibility index (Phi) is 3.76. The Morgan fingerprint density at radius 2 is 2.04 bits per heavy atom. The molecule has 3 heterocycles. The average Bonchev–Trinajstić information content (AvgIpc) is 3.29. The van der Waals surface area contributed by atoms with E-state index in [-0.39, 0.29) is 6.61 Å². The number of rotatable bonds is 4. The number of carbonyl (C=O) groups is 1. The maximum absolute atomic E-state index is 12.2. The standard InChI is InChI=1S/C17H12N4O2S/c22-17(13-6-7-15-20-18-11-21(15)8-13)23-9-16-19-14(10-24-16)12-4-2-1-3-5-12/h1-8,10-11H,9H2. The van der Waals surface area contributed by atoms with E-state index < -0.39 is 5.97 Å². The second kappa shape index (κ2) is 6.21. The fourth-order valence-corrected chi connectivity index (χ4v) is 2.99. The van der Waals surface area contributed by atoms with E-state index in [9.17, 15) is 4.79 Å². The summed E-state index contributed by atoms with van der Waals surface area (Å²) in [6.45, 7) is 0.149. The molecule has 0 unspecified atom stereocenters. The predicted molar refractivity (Wildman–Crippen MR) is 89.7 cm³/mol. The van der Waals surface area contributed by atoms with Gasteiger partial charge in [-0.05, 0) is 12.1 Å². The van der Waals surface area contributed by atoms with Gasteiger partial charge in [-0.1, -0.05) is 30.3 Å². The molecule has 118 valence electrons. The highest BCUT2D eigenvalue weighted by molar-refractivity contribution is 7.09. The van der Waals surface area contributed by atoms with Crippen LogP contribution in [0.4, 0.5) is 0 Å². The molecule has 3 aromatic heterocycles. The molecule has 0 fully saturated rings. The third-order valence-corrected chi connectivity index (χ3v) is 4.30. The number of thiazole rings is 1. The highest BCUT2D eigenvalue weighted by atomic mass is 32.1. The van der Waals surface area contributed by atoms with Crippen LogP contribution in [0.2, 0.25) is 0 Å². The van der Waals surface area contributed by atoms with Crippen molar-refractivity contribution in [1.29, 1.82) is 0 Å². The van der Waals surface area contributed by atoms with Crippen molar-refractivity contribution in [3.63, 3.8) is 0 Å². The van der Waals surface area contributed by atoms with Gasteiger partial charge in [-0.2, -0.15) is 0 Å². The number of nitrogens with zero attached hydrogens (tertiary/aromatic N) is 4. The van der Waals surface area contributed by atoms with Crippen molar-refractivity contribution in [1.82, 2.24) is 19.6 Å². The molecule has 0 radical (unpaired) electrons. The van der Waals surface area contributed by atoms with E-state index in [1.807, 2.05) is 35.7 Å². The SMILES string of the molecule is O=C(OCc1nc(-c2ccccc2)cs1)c1ccc2nncn2c1. The lowest BCUT2D eigenvalue weighted by Crippen LogP contribution is -2.06. The molecule has 0 saturated carbocycles. The Hall–Kier alpha value is -3.06. The van der Waals surface area contributed by atoms with Gasteiger partial charge in [-0.15, -0.1) is 21.5 Å². The Morgan fingerprint density at radius 3 is 2.92 bits per heavy atom. The van der Waals surface area contributed by atoms with Crippen LogP contribution in [0, 0.1) is 0 Å². The quantitative estimate of drug-likeness (QED) is 0.535. The van der Waals surface area contributed by atoms with Gasteiger partial charge in [0, 0.05) is 17.1 Å². The number of esters is 1. The summed E-state index contributed by atoms with van der Waals surface area (Å²) in [7, 11) is 0. The fraction of sp³-hybridized carbons (Fsp3) is 0.0588. The Morgan fingerprint density at radius 1 is 1.17 bits per heavy atom. The van der Waals surface area contributed by atoms with Crippen molar-refractivity contribution in [2.45, 2.75) is 6.61 Å². The molecule has 7 heteroatoms. The van der Waals surface area contributed by atoms with Crippen LogP contribution in [0.1, 0.15) is 15.4 Å². The van der Waals surface area contributed by atoms with Crippen molar-refractivity contribution in [2.75, 3.05) is 0 Å². The summed E-state index contributed by atoms with van der Waals surface area (Å²) < 4.78 is 7.02. The van der Waals surface area contributed by atoms with Crippen LogP contribution in [0.3, 0.4) is 0 Å². The molecule has 0 saturated heterocycles. The summed E-state index contributed by atoms with van der Waals surface area (Å²) in [5.41, 5.74) is 3.06. The normalized spacial score (nSPS) is 10.8. The number of ether oxygens (including phenoxy) is 1. The first-order valence-electron chi connectivity index (χ1n) is 7.26. The molecule has 0 aliphatic heterocycles. The maximum atomic E-state index is 12.2. The smallest absolute Gasteiger partial charge is 0.340 e. The minimum atomic E-state index is -0.401. The summed E-state index contributed by atoms with van der Waals surface area (Å²) in [5.74, 6) is -0.401. The van der Waals surface area contributed by atoms with Gasteiger partial charge < -0.3 is 4.74 Å².